The van der Waals surface area contributed by atoms with Crippen molar-refractivity contribution in [2.24, 2.45) is 0 Å². The number of carbonyl (C=O) groups excluding carboxylic acids is 3. The maximum absolute atomic E-state index is 12.6. The summed E-state index contributed by atoms with van der Waals surface area (Å²) in [4.78, 5) is 36.9. The highest BCUT2D eigenvalue weighted by Gasteiger charge is 2.25. The number of carbonyl (C=O) groups is 3. The first-order chi connectivity index (χ1) is 13.1. The lowest BCUT2D eigenvalue weighted by Crippen LogP contribution is -2.50. The van der Waals surface area contributed by atoms with Gasteiger partial charge < -0.3 is 16.0 Å². The summed E-state index contributed by atoms with van der Waals surface area (Å²) >= 11 is 0. The first-order valence-corrected chi connectivity index (χ1v) is 9.09. The van der Waals surface area contributed by atoms with Crippen LogP contribution in [0.25, 0.3) is 0 Å². The topological polar surface area (TPSA) is 87.3 Å². The van der Waals surface area contributed by atoms with Crippen LogP contribution in [0.1, 0.15) is 28.8 Å². The molecule has 0 unspecified atom stereocenters. The average Bonchev–Trinajstić information content (AvgIpc) is 3.51. The predicted octanol–water partition coefficient (Wildman–Crippen LogP) is 1.42. The number of hydrogen-bond acceptors (Lipinski definition) is 3. The number of rotatable bonds is 8. The fourth-order valence-electron chi connectivity index (χ4n) is 2.69. The number of benzene rings is 2. The zero-order chi connectivity index (χ0) is 19.1. The van der Waals surface area contributed by atoms with Crippen molar-refractivity contribution in [3.05, 3.63) is 71.8 Å². The highest BCUT2D eigenvalue weighted by Crippen LogP contribution is 2.18. The maximum Gasteiger partial charge on any atom is 0.251 e. The van der Waals surface area contributed by atoms with Crippen LogP contribution >= 0.6 is 0 Å². The van der Waals surface area contributed by atoms with Crippen LogP contribution in [-0.4, -0.2) is 36.3 Å². The number of hydrogen-bond donors (Lipinski definition) is 3. The highest BCUT2D eigenvalue weighted by atomic mass is 16.2. The van der Waals surface area contributed by atoms with E-state index in [0.29, 0.717) is 12.0 Å². The normalized spacial score (nSPS) is 14.1. The molecule has 6 heteroatoms. The van der Waals surface area contributed by atoms with Gasteiger partial charge in [0.05, 0.1) is 6.54 Å². The summed E-state index contributed by atoms with van der Waals surface area (Å²) in [6, 6.07) is 17.7. The van der Waals surface area contributed by atoms with E-state index in [1.54, 1.807) is 24.3 Å². The van der Waals surface area contributed by atoms with E-state index in [9.17, 15) is 14.4 Å². The predicted molar refractivity (Wildman–Crippen MR) is 102 cm³/mol. The summed E-state index contributed by atoms with van der Waals surface area (Å²) in [5.74, 6) is -0.915. The van der Waals surface area contributed by atoms with Crippen LogP contribution in [0.5, 0.6) is 0 Å². The smallest absolute Gasteiger partial charge is 0.251 e. The van der Waals surface area contributed by atoms with Crippen molar-refractivity contribution in [1.29, 1.82) is 0 Å². The van der Waals surface area contributed by atoms with E-state index in [-0.39, 0.29) is 30.3 Å². The second-order valence-corrected chi connectivity index (χ2v) is 6.64. The third-order valence-electron chi connectivity index (χ3n) is 4.31. The molecule has 1 aliphatic carbocycles. The Kier molecular flexibility index (Phi) is 6.20. The molecule has 0 aliphatic heterocycles. The Labute approximate surface area is 158 Å². The van der Waals surface area contributed by atoms with Crippen molar-refractivity contribution < 1.29 is 14.4 Å². The van der Waals surface area contributed by atoms with Crippen molar-refractivity contribution in [3.63, 3.8) is 0 Å². The zero-order valence-corrected chi connectivity index (χ0v) is 15.0. The molecular weight excluding hydrogens is 342 g/mol. The summed E-state index contributed by atoms with van der Waals surface area (Å²) in [6.45, 7) is -0.0954. The fourth-order valence-corrected chi connectivity index (χ4v) is 2.69. The third kappa shape index (κ3) is 5.95. The van der Waals surface area contributed by atoms with E-state index in [4.69, 9.17) is 0 Å². The molecule has 0 heterocycles. The SMILES string of the molecule is O=C(CNC(=O)[C@H](Cc1ccccc1)NC(=O)c1ccccc1)NC1CC1. The van der Waals surface area contributed by atoms with Crippen molar-refractivity contribution >= 4 is 17.7 Å². The molecule has 3 rings (SSSR count). The van der Waals surface area contributed by atoms with Gasteiger partial charge in [0.1, 0.15) is 6.04 Å². The van der Waals surface area contributed by atoms with Gasteiger partial charge in [-0.05, 0) is 30.5 Å². The van der Waals surface area contributed by atoms with Gasteiger partial charge in [0.15, 0.2) is 0 Å². The van der Waals surface area contributed by atoms with Gasteiger partial charge >= 0.3 is 0 Å². The lowest BCUT2D eigenvalue weighted by atomic mass is 10.0. The summed E-state index contributed by atoms with van der Waals surface area (Å²) in [5, 5.41) is 8.23. The first-order valence-electron chi connectivity index (χ1n) is 9.09. The highest BCUT2D eigenvalue weighted by molar-refractivity contribution is 5.98. The minimum absolute atomic E-state index is 0.0954. The molecule has 1 fully saturated rings. The molecule has 0 saturated heterocycles. The monoisotopic (exact) mass is 365 g/mol. The molecule has 2 aromatic carbocycles. The van der Waals surface area contributed by atoms with Crippen LogP contribution in [0.15, 0.2) is 60.7 Å². The largest absolute Gasteiger partial charge is 0.352 e. The van der Waals surface area contributed by atoms with E-state index in [1.807, 2.05) is 36.4 Å². The maximum atomic E-state index is 12.6. The Balaban J connectivity index is 1.63. The Morgan fingerprint density at radius 2 is 1.56 bits per heavy atom. The average molecular weight is 365 g/mol. The zero-order valence-electron chi connectivity index (χ0n) is 15.0. The molecule has 3 N–H and O–H groups in total. The van der Waals surface area contributed by atoms with Crippen molar-refractivity contribution in [2.45, 2.75) is 31.3 Å². The molecule has 27 heavy (non-hydrogen) atoms. The van der Waals surface area contributed by atoms with E-state index in [2.05, 4.69) is 16.0 Å². The van der Waals surface area contributed by atoms with Gasteiger partial charge in [-0.1, -0.05) is 48.5 Å². The Hall–Kier alpha value is -3.15. The lowest BCUT2D eigenvalue weighted by Gasteiger charge is -2.19. The molecule has 1 aliphatic rings. The molecule has 1 atom stereocenters. The quantitative estimate of drug-likeness (QED) is 0.661. The second-order valence-electron chi connectivity index (χ2n) is 6.64. The van der Waals surface area contributed by atoms with Crippen molar-refractivity contribution in [3.8, 4) is 0 Å². The van der Waals surface area contributed by atoms with Gasteiger partial charge in [-0.25, -0.2) is 0 Å². The van der Waals surface area contributed by atoms with E-state index in [1.165, 1.54) is 0 Å². The summed E-state index contributed by atoms with van der Waals surface area (Å²) in [5.41, 5.74) is 1.41. The van der Waals surface area contributed by atoms with Crippen LogP contribution in [0.4, 0.5) is 0 Å². The van der Waals surface area contributed by atoms with Gasteiger partial charge in [0, 0.05) is 18.0 Å². The van der Waals surface area contributed by atoms with Gasteiger partial charge in [-0.3, -0.25) is 14.4 Å². The Morgan fingerprint density at radius 3 is 2.19 bits per heavy atom. The van der Waals surface area contributed by atoms with Crippen LogP contribution in [-0.2, 0) is 16.0 Å². The van der Waals surface area contributed by atoms with Gasteiger partial charge in [0.2, 0.25) is 11.8 Å². The van der Waals surface area contributed by atoms with Crippen LogP contribution in [0.3, 0.4) is 0 Å². The molecule has 140 valence electrons. The van der Waals surface area contributed by atoms with Crippen LogP contribution in [0, 0.1) is 0 Å². The molecule has 0 aromatic heterocycles. The summed E-state index contributed by atoms with van der Waals surface area (Å²) in [7, 11) is 0. The molecule has 3 amide bonds. The molecule has 0 radical (unpaired) electrons. The van der Waals surface area contributed by atoms with E-state index < -0.39 is 6.04 Å². The van der Waals surface area contributed by atoms with Crippen molar-refractivity contribution in [2.75, 3.05) is 6.54 Å². The van der Waals surface area contributed by atoms with Crippen LogP contribution in [0.2, 0.25) is 0 Å². The van der Waals surface area contributed by atoms with Crippen LogP contribution < -0.4 is 16.0 Å². The standard InChI is InChI=1S/C21H23N3O3/c25-19(23-17-11-12-17)14-22-21(27)18(13-15-7-3-1-4-8-15)24-20(26)16-9-5-2-6-10-16/h1-10,17-18H,11-14H2,(H,22,27)(H,23,25)(H,24,26)/t18-/m0/s1. The number of amides is 3. The number of nitrogens with one attached hydrogen (secondary N) is 3. The summed E-state index contributed by atoms with van der Waals surface area (Å²) in [6.07, 6.45) is 2.32. The fraction of sp³-hybridized carbons (Fsp3) is 0.286. The third-order valence-corrected chi connectivity index (χ3v) is 4.31. The molecular formula is C21H23N3O3. The molecule has 0 bridgehead atoms. The molecule has 6 nitrogen and oxygen atoms in total. The lowest BCUT2D eigenvalue weighted by molar-refractivity contribution is -0.127. The first kappa shape index (κ1) is 18.6. The molecule has 0 spiro atoms. The van der Waals surface area contributed by atoms with E-state index >= 15 is 0 Å². The molecule has 1 saturated carbocycles. The second kappa shape index (κ2) is 8.98. The minimum atomic E-state index is -0.770. The summed E-state index contributed by atoms with van der Waals surface area (Å²) < 4.78 is 0. The van der Waals surface area contributed by atoms with Gasteiger partial charge in [0.25, 0.3) is 5.91 Å². The Bertz CT molecular complexity index is 789. The van der Waals surface area contributed by atoms with Gasteiger partial charge in [-0.2, -0.15) is 0 Å². The van der Waals surface area contributed by atoms with E-state index in [0.717, 1.165) is 18.4 Å². The van der Waals surface area contributed by atoms with Gasteiger partial charge in [-0.15, -0.1) is 0 Å². The minimum Gasteiger partial charge on any atom is -0.352 e. The van der Waals surface area contributed by atoms with Crippen molar-refractivity contribution in [1.82, 2.24) is 16.0 Å². The molecule has 2 aromatic rings. The Morgan fingerprint density at radius 1 is 0.926 bits per heavy atom.